The second-order valence-corrected chi connectivity index (χ2v) is 9.01. The van der Waals surface area contributed by atoms with Crippen LogP contribution in [0.15, 0.2) is 54.2 Å². The third-order valence-corrected chi connectivity index (χ3v) is 5.99. The fraction of sp³-hybridized carbons (Fsp3) is 0.227. The van der Waals surface area contributed by atoms with Gasteiger partial charge in [-0.1, -0.05) is 41.6 Å². The highest BCUT2D eigenvalue weighted by molar-refractivity contribution is 14.1. The molecule has 29 heavy (non-hydrogen) atoms. The zero-order valence-corrected chi connectivity index (χ0v) is 19.7. The van der Waals surface area contributed by atoms with Crippen molar-refractivity contribution in [3.05, 3.63) is 69.3 Å². The SMILES string of the molecule is C=CCn1c(SCC(=O)Nc2c(C)cc(I)cc2C)nnc1-c1cccc(C)c1. The van der Waals surface area contributed by atoms with Crippen molar-refractivity contribution in [3.63, 3.8) is 0 Å². The molecule has 0 bridgehead atoms. The van der Waals surface area contributed by atoms with Gasteiger partial charge in [-0.3, -0.25) is 9.36 Å². The number of aromatic nitrogens is 3. The van der Waals surface area contributed by atoms with E-state index >= 15 is 0 Å². The van der Waals surface area contributed by atoms with Crippen molar-refractivity contribution < 1.29 is 4.79 Å². The molecule has 2 aromatic carbocycles. The lowest BCUT2D eigenvalue weighted by Crippen LogP contribution is -2.16. The summed E-state index contributed by atoms with van der Waals surface area (Å²) < 4.78 is 3.15. The second kappa shape index (κ2) is 9.58. The summed E-state index contributed by atoms with van der Waals surface area (Å²) in [5, 5.41) is 12.4. The maximum absolute atomic E-state index is 12.6. The molecule has 0 aliphatic heterocycles. The average Bonchev–Trinajstić information content (AvgIpc) is 3.06. The lowest BCUT2D eigenvalue weighted by molar-refractivity contribution is -0.113. The number of amides is 1. The molecule has 1 N–H and O–H groups in total. The highest BCUT2D eigenvalue weighted by atomic mass is 127. The zero-order valence-electron chi connectivity index (χ0n) is 16.7. The molecule has 3 aromatic rings. The third-order valence-electron chi connectivity index (χ3n) is 4.40. The van der Waals surface area contributed by atoms with Gasteiger partial charge in [0.25, 0.3) is 0 Å². The Kier molecular flexibility index (Phi) is 7.13. The summed E-state index contributed by atoms with van der Waals surface area (Å²) >= 11 is 3.66. The molecule has 0 spiro atoms. The first kappa shape index (κ1) is 21.6. The minimum atomic E-state index is -0.0623. The molecule has 7 heteroatoms. The summed E-state index contributed by atoms with van der Waals surface area (Å²) in [6.45, 7) is 10.5. The minimum Gasteiger partial charge on any atom is -0.325 e. The average molecular weight is 518 g/mol. The van der Waals surface area contributed by atoms with Gasteiger partial charge in [-0.25, -0.2) is 0 Å². The van der Waals surface area contributed by atoms with Crippen molar-refractivity contribution >= 4 is 45.9 Å². The Morgan fingerprint density at radius 1 is 1.21 bits per heavy atom. The fourth-order valence-electron chi connectivity index (χ4n) is 3.10. The van der Waals surface area contributed by atoms with E-state index in [1.807, 2.05) is 49.6 Å². The van der Waals surface area contributed by atoms with Gasteiger partial charge in [0.1, 0.15) is 0 Å². The van der Waals surface area contributed by atoms with Crippen LogP contribution in [0, 0.1) is 24.3 Å². The standard InChI is InChI=1S/C22H23IN4OS/c1-5-9-27-21(17-8-6-7-14(2)10-17)25-26-22(27)29-13-19(28)24-20-15(3)11-18(23)12-16(20)4/h5-8,10-12H,1,9,13H2,2-4H3,(H,24,28). The highest BCUT2D eigenvalue weighted by Gasteiger charge is 2.16. The molecule has 150 valence electrons. The first-order chi connectivity index (χ1) is 13.9. The maximum atomic E-state index is 12.6. The lowest BCUT2D eigenvalue weighted by atomic mass is 10.1. The van der Waals surface area contributed by atoms with Crippen LogP contribution in [0.5, 0.6) is 0 Å². The predicted octanol–water partition coefficient (Wildman–Crippen LogP) is 5.39. The largest absolute Gasteiger partial charge is 0.325 e. The van der Waals surface area contributed by atoms with E-state index in [-0.39, 0.29) is 11.7 Å². The van der Waals surface area contributed by atoms with Gasteiger partial charge < -0.3 is 5.32 Å². The Bertz CT molecular complexity index is 1040. The monoisotopic (exact) mass is 518 g/mol. The first-order valence-electron chi connectivity index (χ1n) is 9.19. The topological polar surface area (TPSA) is 59.8 Å². The van der Waals surface area contributed by atoms with Crippen molar-refractivity contribution in [2.45, 2.75) is 32.5 Å². The summed E-state index contributed by atoms with van der Waals surface area (Å²) in [4.78, 5) is 12.6. The quantitative estimate of drug-likeness (QED) is 0.259. The van der Waals surface area contributed by atoms with E-state index in [4.69, 9.17) is 0 Å². The lowest BCUT2D eigenvalue weighted by Gasteiger charge is -2.12. The van der Waals surface area contributed by atoms with E-state index in [0.717, 1.165) is 37.3 Å². The summed E-state index contributed by atoms with van der Waals surface area (Å²) in [7, 11) is 0. The van der Waals surface area contributed by atoms with Crippen LogP contribution in [-0.2, 0) is 11.3 Å². The molecule has 0 fully saturated rings. The Labute approximate surface area is 189 Å². The molecule has 1 amide bonds. The number of rotatable bonds is 7. The van der Waals surface area contributed by atoms with Crippen LogP contribution in [0.4, 0.5) is 5.69 Å². The van der Waals surface area contributed by atoms with Crippen molar-refractivity contribution in [2.24, 2.45) is 0 Å². The number of carbonyl (C=O) groups is 1. The molecule has 3 rings (SSSR count). The van der Waals surface area contributed by atoms with E-state index < -0.39 is 0 Å². The van der Waals surface area contributed by atoms with Crippen LogP contribution >= 0.6 is 34.4 Å². The van der Waals surface area contributed by atoms with Crippen LogP contribution in [0.1, 0.15) is 16.7 Å². The summed E-state index contributed by atoms with van der Waals surface area (Å²) in [6.07, 6.45) is 1.81. The third kappa shape index (κ3) is 5.27. The van der Waals surface area contributed by atoms with Crippen LogP contribution in [0.3, 0.4) is 0 Å². The van der Waals surface area contributed by atoms with Crippen LogP contribution in [0.2, 0.25) is 0 Å². The van der Waals surface area contributed by atoms with Crippen molar-refractivity contribution in [2.75, 3.05) is 11.1 Å². The summed E-state index contributed by atoms with van der Waals surface area (Å²) in [5.41, 5.74) is 5.16. The maximum Gasteiger partial charge on any atom is 0.234 e. The summed E-state index contributed by atoms with van der Waals surface area (Å²) in [5.74, 6) is 0.974. The molecular formula is C22H23IN4OS. The van der Waals surface area contributed by atoms with E-state index in [9.17, 15) is 4.79 Å². The van der Waals surface area contributed by atoms with E-state index in [2.05, 4.69) is 62.9 Å². The summed E-state index contributed by atoms with van der Waals surface area (Å²) in [6, 6.07) is 12.3. The molecule has 0 saturated heterocycles. The zero-order chi connectivity index (χ0) is 21.0. The number of hydrogen-bond acceptors (Lipinski definition) is 4. The number of carbonyl (C=O) groups excluding carboxylic acids is 1. The molecule has 1 heterocycles. The normalized spacial score (nSPS) is 10.8. The van der Waals surface area contributed by atoms with Gasteiger partial charge in [-0.05, 0) is 72.7 Å². The number of hydrogen-bond donors (Lipinski definition) is 1. The number of aryl methyl sites for hydroxylation is 3. The molecule has 0 aliphatic carbocycles. The first-order valence-corrected chi connectivity index (χ1v) is 11.3. The Morgan fingerprint density at radius 2 is 1.93 bits per heavy atom. The molecule has 1 aromatic heterocycles. The molecular weight excluding hydrogens is 495 g/mol. The van der Waals surface area contributed by atoms with Crippen LogP contribution < -0.4 is 5.32 Å². The van der Waals surface area contributed by atoms with Gasteiger partial charge in [0.2, 0.25) is 5.91 Å². The number of thioether (sulfide) groups is 1. The van der Waals surface area contributed by atoms with Crippen molar-refractivity contribution in [1.29, 1.82) is 0 Å². The van der Waals surface area contributed by atoms with Crippen molar-refractivity contribution in [3.8, 4) is 11.4 Å². The second-order valence-electron chi connectivity index (χ2n) is 6.83. The number of allylic oxidation sites excluding steroid dienone is 1. The smallest absolute Gasteiger partial charge is 0.234 e. The molecule has 5 nitrogen and oxygen atoms in total. The van der Waals surface area contributed by atoms with Crippen molar-refractivity contribution in [1.82, 2.24) is 14.8 Å². The van der Waals surface area contributed by atoms with Gasteiger partial charge in [0, 0.05) is 21.4 Å². The van der Waals surface area contributed by atoms with Gasteiger partial charge in [-0.15, -0.1) is 16.8 Å². The number of nitrogens with zero attached hydrogens (tertiary/aromatic N) is 3. The number of anilines is 1. The van der Waals surface area contributed by atoms with Gasteiger partial charge in [-0.2, -0.15) is 0 Å². The van der Waals surface area contributed by atoms with E-state index in [1.165, 1.54) is 11.8 Å². The minimum absolute atomic E-state index is 0.0623. The number of halogens is 1. The molecule has 0 saturated carbocycles. The number of benzene rings is 2. The van der Waals surface area contributed by atoms with Crippen LogP contribution in [0.25, 0.3) is 11.4 Å². The molecule has 0 aliphatic rings. The van der Waals surface area contributed by atoms with Gasteiger partial charge in [0.15, 0.2) is 11.0 Å². The van der Waals surface area contributed by atoms with E-state index in [0.29, 0.717) is 11.7 Å². The number of nitrogens with one attached hydrogen (secondary N) is 1. The Hall–Kier alpha value is -2.13. The van der Waals surface area contributed by atoms with Crippen LogP contribution in [-0.4, -0.2) is 26.4 Å². The van der Waals surface area contributed by atoms with E-state index in [1.54, 1.807) is 0 Å². The predicted molar refractivity (Wildman–Crippen MR) is 128 cm³/mol. The fourth-order valence-corrected chi connectivity index (χ4v) is 4.78. The molecule has 0 unspecified atom stereocenters. The highest BCUT2D eigenvalue weighted by Crippen LogP contribution is 2.26. The Morgan fingerprint density at radius 3 is 2.59 bits per heavy atom. The van der Waals surface area contributed by atoms with Gasteiger partial charge in [0.05, 0.1) is 5.75 Å². The molecule has 0 atom stereocenters. The van der Waals surface area contributed by atoms with Gasteiger partial charge >= 0.3 is 0 Å². The molecule has 0 radical (unpaired) electrons. The Balaban J connectivity index is 1.75.